The fourth-order valence-corrected chi connectivity index (χ4v) is 4.37. The van der Waals surface area contributed by atoms with E-state index in [9.17, 15) is 14.0 Å². The van der Waals surface area contributed by atoms with Gasteiger partial charge >= 0.3 is 0 Å². The topological polar surface area (TPSA) is 84.4 Å². The molecule has 4 rings (SSSR count). The number of carbonyl (C=O) groups excluding carboxylic acids is 2. The van der Waals surface area contributed by atoms with Gasteiger partial charge in [0.2, 0.25) is 5.01 Å². The summed E-state index contributed by atoms with van der Waals surface area (Å²) in [4.78, 5) is 26.8. The normalized spacial score (nSPS) is 15.9. The molecule has 1 aliphatic heterocycles. The van der Waals surface area contributed by atoms with Crippen molar-refractivity contribution < 1.29 is 18.7 Å². The average molecular weight is 475 g/mol. The molecule has 1 saturated heterocycles. The Balaban J connectivity index is 1.33. The van der Waals surface area contributed by atoms with E-state index in [1.54, 1.807) is 29.2 Å². The molecule has 1 N–H and O–H groups in total. The second-order valence-electron chi connectivity index (χ2n) is 7.33. The fourth-order valence-electron chi connectivity index (χ4n) is 3.38. The van der Waals surface area contributed by atoms with E-state index in [2.05, 4.69) is 15.5 Å². The molecule has 32 heavy (non-hydrogen) atoms. The van der Waals surface area contributed by atoms with Gasteiger partial charge in [-0.1, -0.05) is 22.9 Å². The number of amides is 2. The molecule has 0 saturated carbocycles. The van der Waals surface area contributed by atoms with E-state index in [0.29, 0.717) is 34.6 Å². The molecular formula is C22H20ClFN4O3S. The molecule has 1 fully saturated rings. The zero-order chi connectivity index (χ0) is 22.5. The third-order valence-corrected chi connectivity index (χ3v) is 6.37. The van der Waals surface area contributed by atoms with Crippen LogP contribution in [0.4, 0.5) is 10.1 Å². The summed E-state index contributed by atoms with van der Waals surface area (Å²) in [6.45, 7) is 1.09. The number of ether oxygens (including phenoxy) is 1. The maximum Gasteiger partial charge on any atom is 0.286 e. The monoisotopic (exact) mass is 474 g/mol. The lowest BCUT2D eigenvalue weighted by atomic mass is 9.99. The Morgan fingerprint density at radius 3 is 2.66 bits per heavy atom. The Morgan fingerprint density at radius 2 is 1.91 bits per heavy atom. The lowest BCUT2D eigenvalue weighted by Crippen LogP contribution is -2.41. The fraction of sp³-hybridized carbons (Fsp3) is 0.273. The number of rotatable bonds is 6. The van der Waals surface area contributed by atoms with E-state index >= 15 is 0 Å². The minimum absolute atomic E-state index is 0.00750. The number of nitrogens with one attached hydrogen (secondary N) is 1. The molecule has 0 aliphatic carbocycles. The number of piperidine rings is 1. The number of aromatic nitrogens is 2. The van der Waals surface area contributed by atoms with Crippen molar-refractivity contribution in [2.75, 3.05) is 25.0 Å². The summed E-state index contributed by atoms with van der Waals surface area (Å²) in [5.74, 6) is -0.301. The molecule has 7 nitrogen and oxygen atoms in total. The number of anilines is 1. The van der Waals surface area contributed by atoms with Gasteiger partial charge in [0.25, 0.3) is 11.8 Å². The van der Waals surface area contributed by atoms with Crippen LogP contribution in [-0.4, -0.2) is 46.6 Å². The number of hydrogen-bond acceptors (Lipinski definition) is 6. The van der Waals surface area contributed by atoms with Crippen LogP contribution in [0.2, 0.25) is 5.02 Å². The summed E-state index contributed by atoms with van der Waals surface area (Å²) in [7, 11) is 0. The molecule has 0 bridgehead atoms. The Hall–Kier alpha value is -3.04. The second-order valence-corrected chi connectivity index (χ2v) is 8.77. The van der Waals surface area contributed by atoms with Crippen LogP contribution in [0.1, 0.15) is 33.6 Å². The van der Waals surface area contributed by atoms with Gasteiger partial charge in [-0.2, -0.15) is 0 Å². The van der Waals surface area contributed by atoms with E-state index < -0.39 is 5.91 Å². The van der Waals surface area contributed by atoms with Gasteiger partial charge in [-0.25, -0.2) is 4.39 Å². The van der Waals surface area contributed by atoms with Crippen molar-refractivity contribution in [3.8, 4) is 5.75 Å². The second kappa shape index (κ2) is 10.1. The molecule has 1 atom stereocenters. The van der Waals surface area contributed by atoms with E-state index in [4.69, 9.17) is 16.3 Å². The third kappa shape index (κ3) is 5.60. The molecule has 1 aromatic heterocycles. The van der Waals surface area contributed by atoms with Gasteiger partial charge < -0.3 is 15.0 Å². The lowest BCUT2D eigenvalue weighted by molar-refractivity contribution is -0.134. The molecule has 10 heteroatoms. The molecule has 0 unspecified atom stereocenters. The summed E-state index contributed by atoms with van der Waals surface area (Å²) >= 11 is 7.06. The number of halogens is 2. The predicted octanol–water partition coefficient (Wildman–Crippen LogP) is 4.37. The molecule has 2 amide bonds. The van der Waals surface area contributed by atoms with Gasteiger partial charge in [-0.3, -0.25) is 9.59 Å². The molecule has 0 spiro atoms. The quantitative estimate of drug-likeness (QED) is 0.573. The molecule has 1 aliphatic rings. The van der Waals surface area contributed by atoms with Crippen molar-refractivity contribution in [2.24, 2.45) is 0 Å². The Bertz CT molecular complexity index is 1090. The van der Waals surface area contributed by atoms with Gasteiger partial charge in [0.1, 0.15) is 16.6 Å². The SMILES string of the molecule is O=C(Nc1ccc(F)cc1)c1nnc([C@@H]2CCCN(C(=O)COc3ccc(Cl)cc3)C2)s1. The smallest absolute Gasteiger partial charge is 0.286 e. The van der Waals surface area contributed by atoms with E-state index in [-0.39, 0.29) is 29.3 Å². The van der Waals surface area contributed by atoms with Crippen LogP contribution >= 0.6 is 22.9 Å². The van der Waals surface area contributed by atoms with Crippen molar-refractivity contribution in [3.63, 3.8) is 0 Å². The molecule has 0 radical (unpaired) electrons. The van der Waals surface area contributed by atoms with Gasteiger partial charge in [-0.05, 0) is 61.4 Å². The van der Waals surface area contributed by atoms with Crippen molar-refractivity contribution in [1.29, 1.82) is 0 Å². The van der Waals surface area contributed by atoms with E-state index in [1.165, 1.54) is 35.6 Å². The molecular weight excluding hydrogens is 455 g/mol. The van der Waals surface area contributed by atoms with Crippen LogP contribution in [0.5, 0.6) is 5.75 Å². The minimum Gasteiger partial charge on any atom is -0.484 e. The number of carbonyl (C=O) groups is 2. The van der Waals surface area contributed by atoms with Crippen LogP contribution < -0.4 is 10.1 Å². The van der Waals surface area contributed by atoms with Crippen molar-refractivity contribution in [1.82, 2.24) is 15.1 Å². The first-order chi connectivity index (χ1) is 15.5. The van der Waals surface area contributed by atoms with Crippen LogP contribution in [0.25, 0.3) is 0 Å². The first kappa shape index (κ1) is 22.2. The highest BCUT2D eigenvalue weighted by Gasteiger charge is 2.28. The third-order valence-electron chi connectivity index (χ3n) is 5.04. The van der Waals surface area contributed by atoms with Crippen LogP contribution in [-0.2, 0) is 4.79 Å². The summed E-state index contributed by atoms with van der Waals surface area (Å²) in [6, 6.07) is 12.3. The molecule has 3 aromatic rings. The number of hydrogen-bond donors (Lipinski definition) is 1. The largest absolute Gasteiger partial charge is 0.484 e. The number of nitrogens with zero attached hydrogens (tertiary/aromatic N) is 3. The van der Waals surface area contributed by atoms with Gasteiger partial charge in [0.05, 0.1) is 0 Å². The standard InChI is InChI=1S/C22H20ClFN4O3S/c23-15-3-9-18(10-4-15)31-13-19(29)28-11-1-2-14(12-28)21-26-27-22(32-21)20(30)25-17-7-5-16(24)6-8-17/h3-10,14H,1-2,11-13H2,(H,25,30)/t14-/m1/s1. The molecule has 2 aromatic carbocycles. The van der Waals surface area contributed by atoms with Gasteiger partial charge in [0, 0.05) is 29.7 Å². The maximum atomic E-state index is 13.0. The zero-order valence-electron chi connectivity index (χ0n) is 17.0. The van der Waals surface area contributed by atoms with Crippen molar-refractivity contribution in [2.45, 2.75) is 18.8 Å². The molecule has 166 valence electrons. The van der Waals surface area contributed by atoms with Crippen LogP contribution in [0.15, 0.2) is 48.5 Å². The van der Waals surface area contributed by atoms with E-state index in [1.807, 2.05) is 0 Å². The molecule has 2 heterocycles. The Kier molecular flexibility index (Phi) is 6.96. The Labute approximate surface area is 193 Å². The Morgan fingerprint density at radius 1 is 1.16 bits per heavy atom. The zero-order valence-corrected chi connectivity index (χ0v) is 18.5. The van der Waals surface area contributed by atoms with E-state index in [0.717, 1.165) is 12.8 Å². The summed E-state index contributed by atoms with van der Waals surface area (Å²) in [5, 5.41) is 12.4. The number of likely N-dealkylation sites (tertiary alicyclic amines) is 1. The highest BCUT2D eigenvalue weighted by molar-refractivity contribution is 7.13. The first-order valence-electron chi connectivity index (χ1n) is 10.0. The minimum atomic E-state index is -0.402. The predicted molar refractivity (Wildman–Crippen MR) is 120 cm³/mol. The number of benzene rings is 2. The summed E-state index contributed by atoms with van der Waals surface area (Å²) in [6.07, 6.45) is 1.68. The lowest BCUT2D eigenvalue weighted by Gasteiger charge is -2.31. The van der Waals surface area contributed by atoms with Gasteiger partial charge in [-0.15, -0.1) is 10.2 Å². The maximum absolute atomic E-state index is 13.0. The van der Waals surface area contributed by atoms with Crippen molar-refractivity contribution >= 4 is 40.4 Å². The highest BCUT2D eigenvalue weighted by atomic mass is 35.5. The van der Waals surface area contributed by atoms with Crippen LogP contribution in [0, 0.1) is 5.82 Å². The van der Waals surface area contributed by atoms with Gasteiger partial charge in [0.15, 0.2) is 6.61 Å². The van der Waals surface area contributed by atoms with Crippen molar-refractivity contribution in [3.05, 3.63) is 69.4 Å². The van der Waals surface area contributed by atoms with Crippen LogP contribution in [0.3, 0.4) is 0 Å². The summed E-state index contributed by atoms with van der Waals surface area (Å²) < 4.78 is 18.6. The average Bonchev–Trinajstić information content (AvgIpc) is 3.31. The highest BCUT2D eigenvalue weighted by Crippen LogP contribution is 2.29. The first-order valence-corrected chi connectivity index (χ1v) is 11.2. The summed E-state index contributed by atoms with van der Waals surface area (Å²) in [5.41, 5.74) is 0.475.